The highest BCUT2D eigenvalue weighted by Gasteiger charge is 2.19. The van der Waals surface area contributed by atoms with Crippen molar-refractivity contribution in [1.29, 1.82) is 0 Å². The number of pyridine rings is 2. The molecule has 238 valence electrons. The molecule has 0 amide bonds. The molecule has 7 rings (SSSR count). The minimum absolute atomic E-state index is 0.00178. The molecule has 0 aliphatic rings. The second-order valence-electron chi connectivity index (χ2n) is 9.61. The van der Waals surface area contributed by atoms with Crippen LogP contribution in [0.1, 0.15) is 5.56 Å². The number of nitrogens with zero attached hydrogens (tertiary/aromatic N) is 9. The van der Waals surface area contributed by atoms with Gasteiger partial charge in [-0.25, -0.2) is 19.9 Å². The quantitative estimate of drug-likeness (QED) is 0.0923. The normalized spacial score (nSPS) is 10.8. The number of nitro benzene ring substituents is 1. The van der Waals surface area contributed by atoms with Gasteiger partial charge in [-0.05, 0) is 52.5 Å². The lowest BCUT2D eigenvalue weighted by Gasteiger charge is -2.09. The molecule has 0 atom stereocenters. The smallest absolute Gasteiger partial charge is 0.326 e. The molecule has 0 saturated carbocycles. The van der Waals surface area contributed by atoms with Crippen LogP contribution in [0.3, 0.4) is 0 Å². The average Bonchev–Trinajstić information content (AvgIpc) is 3.74. The molecule has 0 unspecified atom stereocenters. The molecule has 7 aromatic rings. The molecule has 1 N–H and O–H groups in total. The summed E-state index contributed by atoms with van der Waals surface area (Å²) >= 11 is 7.99. The number of hydrogen-bond acceptors (Lipinski definition) is 15. The van der Waals surface area contributed by atoms with Gasteiger partial charge in [0.15, 0.2) is 11.6 Å². The number of rotatable bonds is 8. The summed E-state index contributed by atoms with van der Waals surface area (Å²) in [5, 5.41) is 37.2. The van der Waals surface area contributed by atoms with Crippen LogP contribution in [0.5, 0.6) is 0 Å². The van der Waals surface area contributed by atoms with E-state index in [9.17, 15) is 30.3 Å². The second kappa shape index (κ2) is 13.7. The van der Waals surface area contributed by atoms with Gasteiger partial charge in [-0.15, -0.1) is 0 Å². The average molecular weight is 701 g/mol. The van der Waals surface area contributed by atoms with Gasteiger partial charge in [-0.1, -0.05) is 23.7 Å². The van der Waals surface area contributed by atoms with Crippen LogP contribution in [0.25, 0.3) is 43.2 Å². The van der Waals surface area contributed by atoms with Gasteiger partial charge in [0, 0.05) is 66.7 Å². The van der Waals surface area contributed by atoms with E-state index in [0.717, 1.165) is 33.8 Å². The van der Waals surface area contributed by atoms with E-state index in [0.29, 0.717) is 43.5 Å². The third-order valence-electron chi connectivity index (χ3n) is 6.53. The molecule has 16 nitrogen and oxygen atoms in total. The van der Waals surface area contributed by atoms with Gasteiger partial charge >= 0.3 is 10.0 Å². The van der Waals surface area contributed by atoms with Gasteiger partial charge in [-0.2, -0.15) is 0 Å². The highest BCUT2D eigenvalue weighted by Crippen LogP contribution is 2.36. The zero-order valence-corrected chi connectivity index (χ0v) is 26.3. The van der Waals surface area contributed by atoms with E-state index >= 15 is 0 Å². The van der Waals surface area contributed by atoms with Crippen molar-refractivity contribution in [3.63, 3.8) is 0 Å². The maximum atomic E-state index is 11.2. The van der Waals surface area contributed by atoms with Crippen molar-refractivity contribution in [2.75, 3.05) is 5.32 Å². The lowest BCUT2D eigenvalue weighted by molar-refractivity contribution is -0.384. The fourth-order valence-corrected chi connectivity index (χ4v) is 6.30. The highest BCUT2D eigenvalue weighted by atomic mass is 35.5. The second-order valence-corrected chi connectivity index (χ2v) is 12.0. The summed E-state index contributed by atoms with van der Waals surface area (Å²) in [4.78, 5) is 57.8. The lowest BCUT2D eigenvalue weighted by Crippen LogP contribution is -2.04. The van der Waals surface area contributed by atoms with Crippen LogP contribution in [0.2, 0.25) is 5.15 Å². The van der Waals surface area contributed by atoms with E-state index in [4.69, 9.17) is 11.6 Å². The first-order chi connectivity index (χ1) is 23.2. The van der Waals surface area contributed by atoms with Gasteiger partial charge in [0.2, 0.25) is 0 Å². The number of thiophene rings is 2. The third-order valence-corrected chi connectivity index (χ3v) is 8.78. The Kier molecular flexibility index (Phi) is 9.10. The van der Waals surface area contributed by atoms with Crippen LogP contribution < -0.4 is 5.32 Å². The molecular weight excluding hydrogens is 684 g/mol. The third kappa shape index (κ3) is 6.99. The Balaban J connectivity index is 0.000000182. The fourth-order valence-electron chi connectivity index (χ4n) is 4.32. The minimum atomic E-state index is -0.469. The Morgan fingerprint density at radius 3 is 1.77 bits per heavy atom. The largest absolute Gasteiger partial charge is 0.365 e. The Bertz CT molecular complexity index is 2320. The molecule has 6 heterocycles. The van der Waals surface area contributed by atoms with E-state index in [1.807, 2.05) is 0 Å². The Morgan fingerprint density at radius 2 is 1.21 bits per heavy atom. The van der Waals surface area contributed by atoms with Crippen molar-refractivity contribution in [3.8, 4) is 22.8 Å². The van der Waals surface area contributed by atoms with Crippen LogP contribution >= 0.6 is 34.3 Å². The summed E-state index contributed by atoms with van der Waals surface area (Å²) in [6.45, 7) is 0.257. The van der Waals surface area contributed by atoms with E-state index in [1.54, 1.807) is 61.2 Å². The first-order valence-electron chi connectivity index (χ1n) is 13.5. The SMILES string of the molecule is O=[N+]([O-])c1cc2c(Cl)nc(-c3ccncc3)nc2s1.O=[N+]([O-])c1cccc(CNc2nc(-c3ccncc3)nc3sc([N+](=O)[O-])cc23)c1. The number of benzene rings is 1. The molecule has 0 saturated heterocycles. The molecule has 0 spiro atoms. The van der Waals surface area contributed by atoms with E-state index in [-0.39, 0.29) is 27.4 Å². The van der Waals surface area contributed by atoms with Crippen molar-refractivity contribution >= 4 is 76.2 Å². The molecular formula is C29H17ClN10O6S2. The van der Waals surface area contributed by atoms with E-state index in [2.05, 4.69) is 35.2 Å². The Labute approximate surface area is 281 Å². The molecule has 0 bridgehead atoms. The number of nitro groups is 3. The van der Waals surface area contributed by atoms with Crippen LogP contribution in [0.15, 0.2) is 85.5 Å². The number of nitrogens with one attached hydrogen (secondary N) is 1. The molecule has 48 heavy (non-hydrogen) atoms. The van der Waals surface area contributed by atoms with Crippen LogP contribution in [0.4, 0.5) is 21.5 Å². The molecule has 6 aromatic heterocycles. The van der Waals surface area contributed by atoms with Gasteiger partial charge in [0.1, 0.15) is 20.6 Å². The first kappa shape index (κ1) is 31.9. The summed E-state index contributed by atoms with van der Waals surface area (Å²) in [5.41, 5.74) is 2.15. The van der Waals surface area contributed by atoms with Crippen molar-refractivity contribution in [2.24, 2.45) is 0 Å². The van der Waals surface area contributed by atoms with Gasteiger partial charge < -0.3 is 5.32 Å². The predicted molar refractivity (Wildman–Crippen MR) is 180 cm³/mol. The van der Waals surface area contributed by atoms with E-state index in [1.165, 1.54) is 24.3 Å². The van der Waals surface area contributed by atoms with Gasteiger partial charge in [0.05, 0.1) is 25.5 Å². The number of hydrogen-bond donors (Lipinski definition) is 1. The molecule has 19 heteroatoms. The fraction of sp³-hybridized carbons (Fsp3) is 0.0345. The van der Waals surface area contributed by atoms with E-state index < -0.39 is 14.8 Å². The summed E-state index contributed by atoms with van der Waals surface area (Å²) in [5.74, 6) is 1.24. The molecule has 0 radical (unpaired) electrons. The summed E-state index contributed by atoms with van der Waals surface area (Å²) < 4.78 is 0. The van der Waals surface area contributed by atoms with Crippen molar-refractivity contribution < 1.29 is 14.8 Å². The molecule has 1 aromatic carbocycles. The van der Waals surface area contributed by atoms with Gasteiger partial charge in [-0.3, -0.25) is 40.3 Å². The van der Waals surface area contributed by atoms with Crippen LogP contribution in [0, 0.1) is 30.3 Å². The number of aromatic nitrogens is 6. The number of halogens is 1. The summed E-state index contributed by atoms with van der Waals surface area (Å²) in [6, 6.07) is 16.0. The van der Waals surface area contributed by atoms with Gasteiger partial charge in [0.25, 0.3) is 5.69 Å². The number of anilines is 1. The highest BCUT2D eigenvalue weighted by molar-refractivity contribution is 7.22. The van der Waals surface area contributed by atoms with Crippen LogP contribution in [-0.2, 0) is 6.54 Å². The predicted octanol–water partition coefficient (Wildman–Crippen LogP) is 7.50. The molecule has 0 aliphatic carbocycles. The molecule has 0 fully saturated rings. The number of non-ortho nitro benzene ring substituents is 1. The van der Waals surface area contributed by atoms with Crippen molar-refractivity contribution in [2.45, 2.75) is 6.54 Å². The molecule has 0 aliphatic heterocycles. The van der Waals surface area contributed by atoms with Crippen molar-refractivity contribution in [1.82, 2.24) is 29.9 Å². The number of fused-ring (bicyclic) bond motifs is 2. The van der Waals surface area contributed by atoms with Crippen molar-refractivity contribution in [3.05, 3.63) is 127 Å². The topological polar surface area (TPSA) is 219 Å². The standard InChI is InChI=1S/C18H12N6O4S.C11H5ClN4O2S/c25-23(26)13-3-1-2-11(8-13)10-20-17-14-9-15(24(27)28)29-18(14)22-16(21-17)12-4-6-19-7-5-12;12-9-7-5-8(16(17)18)19-11(7)15-10(14-9)6-1-3-13-4-2-6/h1-9H,10H2,(H,20,21,22);1-5H. The van der Waals surface area contributed by atoms with Crippen LogP contribution in [-0.4, -0.2) is 44.7 Å². The minimum Gasteiger partial charge on any atom is -0.365 e. The monoisotopic (exact) mass is 700 g/mol. The maximum absolute atomic E-state index is 11.2. The summed E-state index contributed by atoms with van der Waals surface area (Å²) in [7, 11) is 0. The first-order valence-corrected chi connectivity index (χ1v) is 15.5. The lowest BCUT2D eigenvalue weighted by atomic mass is 10.2. The zero-order chi connectivity index (χ0) is 33.8. The Morgan fingerprint density at radius 1 is 0.667 bits per heavy atom. The Hall–Kier alpha value is -6.11. The summed E-state index contributed by atoms with van der Waals surface area (Å²) in [6.07, 6.45) is 6.45. The maximum Gasteiger partial charge on any atom is 0.326 e. The zero-order valence-electron chi connectivity index (χ0n) is 24.0.